The molecule has 0 saturated carbocycles. The second-order valence-corrected chi connectivity index (χ2v) is 6.05. The fraction of sp³-hybridized carbons (Fsp3) is 1.00. The molecule has 0 rings (SSSR count). The molecule has 0 saturated heterocycles. The van der Waals surface area contributed by atoms with Gasteiger partial charge in [0.15, 0.2) is 0 Å². The molecule has 116 valence electrons. The number of unbranched alkanes of at least 4 members (excludes halogenated alkanes) is 12. The summed E-state index contributed by atoms with van der Waals surface area (Å²) in [5.41, 5.74) is 2.06. The monoisotopic (exact) mass is 270 g/mol. The van der Waals surface area contributed by atoms with Gasteiger partial charge in [0.05, 0.1) is 0 Å². The van der Waals surface area contributed by atoms with Crippen LogP contribution in [0.4, 0.5) is 0 Å². The highest BCUT2D eigenvalue weighted by Gasteiger charge is 1.96. The second kappa shape index (κ2) is 16.0. The predicted molar refractivity (Wildman–Crippen MR) is 86.3 cm³/mol. The third-order valence-electron chi connectivity index (χ3n) is 3.94. The third-order valence-corrected chi connectivity index (χ3v) is 3.94. The Hall–Kier alpha value is -0.0800. The molecule has 0 aromatic rings. The van der Waals surface area contributed by atoms with Crippen LogP contribution in [0.2, 0.25) is 0 Å². The minimum absolute atomic E-state index is 0.146. The van der Waals surface area contributed by atoms with Crippen LogP contribution in [0.3, 0.4) is 0 Å². The summed E-state index contributed by atoms with van der Waals surface area (Å²) in [6, 6.07) is 0.146. The molecule has 0 radical (unpaired) electrons. The van der Waals surface area contributed by atoms with E-state index in [0.717, 1.165) is 6.42 Å². The van der Waals surface area contributed by atoms with E-state index < -0.39 is 0 Å². The highest BCUT2D eigenvalue weighted by molar-refractivity contribution is 4.59. The fourth-order valence-corrected chi connectivity index (χ4v) is 2.53. The van der Waals surface area contributed by atoms with E-state index in [9.17, 15) is 5.21 Å². The number of hydroxylamine groups is 1. The van der Waals surface area contributed by atoms with Crippen LogP contribution in [0.25, 0.3) is 0 Å². The number of hydrogen-bond acceptors (Lipinski definition) is 2. The molecule has 0 aliphatic heterocycles. The maximum Gasteiger partial charge on any atom is -0.00799 e. The summed E-state index contributed by atoms with van der Waals surface area (Å²) in [6.45, 7) is 4.24. The highest BCUT2D eigenvalue weighted by atomic mass is 16.5. The van der Waals surface area contributed by atoms with E-state index in [2.05, 4.69) is 12.4 Å². The van der Waals surface area contributed by atoms with Crippen molar-refractivity contribution in [1.82, 2.24) is 5.48 Å². The zero-order valence-corrected chi connectivity index (χ0v) is 13.4. The molecular weight excluding hydrogens is 234 g/mol. The summed E-state index contributed by atoms with van der Waals surface area (Å²) in [4.78, 5) is 0. The molecular formula is C17H36NO-. The van der Waals surface area contributed by atoms with E-state index in [1.807, 2.05) is 6.92 Å². The standard InChI is InChI=1S/C17H36NO/c1-3-4-5-6-7-8-9-10-11-12-13-14-15-16-17(2)18-19/h17-18H,3-16H2,1-2H3/q-1. The molecule has 0 aliphatic carbocycles. The average molecular weight is 270 g/mol. The Morgan fingerprint density at radius 3 is 1.42 bits per heavy atom. The molecule has 0 amide bonds. The first-order valence-electron chi connectivity index (χ1n) is 8.69. The van der Waals surface area contributed by atoms with Gasteiger partial charge in [-0.15, -0.1) is 0 Å². The van der Waals surface area contributed by atoms with E-state index in [4.69, 9.17) is 0 Å². The zero-order valence-electron chi connectivity index (χ0n) is 13.4. The quantitative estimate of drug-likeness (QED) is 0.295. The average Bonchev–Trinajstić information content (AvgIpc) is 2.43. The number of hydrogen-bond donors (Lipinski definition) is 1. The molecule has 1 atom stereocenters. The van der Waals surface area contributed by atoms with Gasteiger partial charge in [-0.3, -0.25) is 0 Å². The van der Waals surface area contributed by atoms with Crippen molar-refractivity contribution in [2.45, 2.75) is 110 Å². The summed E-state index contributed by atoms with van der Waals surface area (Å²) in [6.07, 6.45) is 19.1. The molecule has 1 unspecified atom stereocenters. The van der Waals surface area contributed by atoms with Crippen molar-refractivity contribution in [2.24, 2.45) is 0 Å². The lowest BCUT2D eigenvalue weighted by Gasteiger charge is -2.16. The normalized spacial score (nSPS) is 12.8. The molecule has 0 bridgehead atoms. The Morgan fingerprint density at radius 2 is 1.05 bits per heavy atom. The first-order chi connectivity index (χ1) is 9.31. The van der Waals surface area contributed by atoms with Crippen LogP contribution in [0, 0.1) is 5.21 Å². The Labute approximate surface area is 121 Å². The van der Waals surface area contributed by atoms with Gasteiger partial charge in [0.2, 0.25) is 0 Å². The largest absolute Gasteiger partial charge is 0.788 e. The lowest BCUT2D eigenvalue weighted by atomic mass is 10.0. The van der Waals surface area contributed by atoms with Gasteiger partial charge in [0, 0.05) is 0 Å². The van der Waals surface area contributed by atoms with Gasteiger partial charge in [-0.25, -0.2) is 0 Å². The van der Waals surface area contributed by atoms with Crippen LogP contribution in [0.5, 0.6) is 0 Å². The Morgan fingerprint density at radius 1 is 0.684 bits per heavy atom. The Kier molecular flexibility index (Phi) is 15.9. The van der Waals surface area contributed by atoms with Crippen molar-refractivity contribution >= 4 is 0 Å². The van der Waals surface area contributed by atoms with Gasteiger partial charge in [0.25, 0.3) is 0 Å². The Balaban J connectivity index is 2.95. The van der Waals surface area contributed by atoms with Gasteiger partial charge >= 0.3 is 0 Å². The van der Waals surface area contributed by atoms with E-state index in [1.165, 1.54) is 83.5 Å². The van der Waals surface area contributed by atoms with E-state index in [1.54, 1.807) is 0 Å². The number of rotatable bonds is 15. The molecule has 0 aliphatic rings. The summed E-state index contributed by atoms with van der Waals surface area (Å²) in [5, 5.41) is 10.3. The molecule has 19 heavy (non-hydrogen) atoms. The highest BCUT2D eigenvalue weighted by Crippen LogP contribution is 2.13. The lowest BCUT2D eigenvalue weighted by molar-refractivity contribution is 0.509. The maximum absolute atomic E-state index is 10.3. The molecule has 2 heteroatoms. The summed E-state index contributed by atoms with van der Waals surface area (Å²) in [5.74, 6) is 0. The molecule has 0 heterocycles. The fourth-order valence-electron chi connectivity index (χ4n) is 2.53. The summed E-state index contributed by atoms with van der Waals surface area (Å²) >= 11 is 0. The first-order valence-corrected chi connectivity index (χ1v) is 8.69. The van der Waals surface area contributed by atoms with Gasteiger partial charge in [-0.1, -0.05) is 97.3 Å². The van der Waals surface area contributed by atoms with Crippen molar-refractivity contribution in [3.63, 3.8) is 0 Å². The first kappa shape index (κ1) is 18.9. The van der Waals surface area contributed by atoms with E-state index >= 15 is 0 Å². The van der Waals surface area contributed by atoms with Crippen molar-refractivity contribution in [3.05, 3.63) is 5.21 Å². The minimum atomic E-state index is 0.146. The van der Waals surface area contributed by atoms with Crippen LogP contribution in [-0.2, 0) is 0 Å². The topological polar surface area (TPSA) is 35.1 Å². The van der Waals surface area contributed by atoms with Crippen molar-refractivity contribution in [1.29, 1.82) is 0 Å². The molecule has 0 aromatic heterocycles. The van der Waals surface area contributed by atoms with Crippen LogP contribution < -0.4 is 5.48 Å². The molecule has 2 nitrogen and oxygen atoms in total. The molecule has 0 aromatic carbocycles. The number of nitrogens with one attached hydrogen (secondary N) is 1. The van der Waals surface area contributed by atoms with Crippen LogP contribution in [0.15, 0.2) is 0 Å². The zero-order chi connectivity index (χ0) is 14.2. The SMILES string of the molecule is CCCCCCCCCCCCCCCC(C)N[O-]. The van der Waals surface area contributed by atoms with Gasteiger partial charge in [-0.2, -0.15) is 0 Å². The molecule has 0 fully saturated rings. The molecule has 0 spiro atoms. The predicted octanol–water partition coefficient (Wildman–Crippen LogP) is 5.94. The van der Waals surface area contributed by atoms with Crippen molar-refractivity contribution in [2.75, 3.05) is 0 Å². The van der Waals surface area contributed by atoms with Crippen LogP contribution in [0.1, 0.15) is 104 Å². The van der Waals surface area contributed by atoms with E-state index in [-0.39, 0.29) is 6.04 Å². The third kappa shape index (κ3) is 15.9. The maximum atomic E-state index is 10.3. The van der Waals surface area contributed by atoms with Crippen LogP contribution in [-0.4, -0.2) is 6.04 Å². The summed E-state index contributed by atoms with van der Waals surface area (Å²) in [7, 11) is 0. The minimum Gasteiger partial charge on any atom is -0.788 e. The van der Waals surface area contributed by atoms with Crippen molar-refractivity contribution in [3.8, 4) is 0 Å². The second-order valence-electron chi connectivity index (χ2n) is 6.05. The smallest absolute Gasteiger partial charge is 0.00799 e. The van der Waals surface area contributed by atoms with Gasteiger partial charge < -0.3 is 10.7 Å². The van der Waals surface area contributed by atoms with E-state index in [0.29, 0.717) is 0 Å². The lowest BCUT2D eigenvalue weighted by Crippen LogP contribution is -2.18. The van der Waals surface area contributed by atoms with Gasteiger partial charge in [-0.05, 0) is 12.5 Å². The van der Waals surface area contributed by atoms with Gasteiger partial charge in [0.1, 0.15) is 0 Å². The summed E-state index contributed by atoms with van der Waals surface area (Å²) < 4.78 is 0. The Bertz CT molecular complexity index is 161. The van der Waals surface area contributed by atoms with Crippen LogP contribution >= 0.6 is 0 Å². The van der Waals surface area contributed by atoms with Crippen molar-refractivity contribution < 1.29 is 0 Å². The molecule has 1 N–H and O–H groups in total.